The molecular formula is C21H21N5OS. The molecule has 0 bridgehead atoms. The Morgan fingerprint density at radius 3 is 2.75 bits per heavy atom. The van der Waals surface area contributed by atoms with Crippen molar-refractivity contribution in [2.45, 2.75) is 32.7 Å². The van der Waals surface area contributed by atoms with E-state index in [1.807, 2.05) is 60.9 Å². The van der Waals surface area contributed by atoms with Crippen molar-refractivity contribution in [2.24, 2.45) is 0 Å². The molecule has 0 aliphatic heterocycles. The van der Waals surface area contributed by atoms with Crippen molar-refractivity contribution < 1.29 is 4.79 Å². The lowest BCUT2D eigenvalue weighted by Gasteiger charge is -2.10. The van der Waals surface area contributed by atoms with Gasteiger partial charge in [0.05, 0.1) is 22.2 Å². The van der Waals surface area contributed by atoms with Crippen molar-refractivity contribution in [3.63, 3.8) is 0 Å². The molecule has 4 rings (SSSR count). The molecule has 0 radical (unpaired) electrons. The Bertz CT molecular complexity index is 1100. The van der Waals surface area contributed by atoms with Crippen molar-refractivity contribution in [1.82, 2.24) is 19.5 Å². The summed E-state index contributed by atoms with van der Waals surface area (Å²) in [6.45, 7) is 4.74. The molecule has 28 heavy (non-hydrogen) atoms. The number of carbonyl (C=O) groups excluding carboxylic acids is 1. The number of pyridine rings is 1. The summed E-state index contributed by atoms with van der Waals surface area (Å²) in [6, 6.07) is 13.8. The Balaban J connectivity index is 1.64. The average molecular weight is 392 g/mol. The van der Waals surface area contributed by atoms with Gasteiger partial charge in [-0.15, -0.1) is 11.3 Å². The van der Waals surface area contributed by atoms with Crippen LogP contribution in [0.1, 0.15) is 40.8 Å². The fourth-order valence-corrected chi connectivity index (χ4v) is 4.00. The third-order valence-corrected chi connectivity index (χ3v) is 5.39. The average Bonchev–Trinajstić information content (AvgIpc) is 3.32. The first-order chi connectivity index (χ1) is 13.6. The molecule has 3 aromatic heterocycles. The Morgan fingerprint density at radius 1 is 1.14 bits per heavy atom. The van der Waals surface area contributed by atoms with Crippen LogP contribution in [0, 0.1) is 0 Å². The minimum absolute atomic E-state index is 0.166. The van der Waals surface area contributed by atoms with Gasteiger partial charge in [0.2, 0.25) is 5.95 Å². The number of fused-ring (bicyclic) bond motifs is 1. The quantitative estimate of drug-likeness (QED) is 0.525. The number of hydrogen-bond acceptors (Lipinski definition) is 5. The van der Waals surface area contributed by atoms with E-state index in [0.29, 0.717) is 17.4 Å². The highest BCUT2D eigenvalue weighted by Crippen LogP contribution is 2.25. The van der Waals surface area contributed by atoms with Gasteiger partial charge in [-0.25, -0.2) is 9.97 Å². The fourth-order valence-electron chi connectivity index (χ4n) is 3.16. The summed E-state index contributed by atoms with van der Waals surface area (Å²) in [5.41, 5.74) is 5.38. The molecule has 4 aromatic rings. The molecule has 1 N–H and O–H groups in total. The van der Waals surface area contributed by atoms with Crippen LogP contribution in [0.4, 0.5) is 5.95 Å². The first-order valence-corrected chi connectivity index (χ1v) is 10.1. The normalized spacial score (nSPS) is 11.2. The van der Waals surface area contributed by atoms with Crippen LogP contribution in [0.2, 0.25) is 0 Å². The largest absolute Gasteiger partial charge is 0.310 e. The SMILES string of the molecule is CC(C)c1ncsc1C(=O)Nc1nc2ccccc2n1CCc1ccccn1. The molecule has 6 nitrogen and oxygen atoms in total. The summed E-state index contributed by atoms with van der Waals surface area (Å²) in [7, 11) is 0. The number of aromatic nitrogens is 4. The van der Waals surface area contributed by atoms with Gasteiger partial charge < -0.3 is 4.57 Å². The van der Waals surface area contributed by atoms with Gasteiger partial charge in [0, 0.05) is 24.9 Å². The van der Waals surface area contributed by atoms with E-state index in [1.54, 1.807) is 11.7 Å². The highest BCUT2D eigenvalue weighted by Gasteiger charge is 2.20. The third-order valence-electron chi connectivity index (χ3n) is 4.55. The molecule has 0 fully saturated rings. The van der Waals surface area contributed by atoms with Gasteiger partial charge in [0.1, 0.15) is 4.88 Å². The van der Waals surface area contributed by atoms with Crippen LogP contribution in [0.25, 0.3) is 11.0 Å². The first kappa shape index (κ1) is 18.3. The summed E-state index contributed by atoms with van der Waals surface area (Å²) < 4.78 is 2.04. The van der Waals surface area contributed by atoms with Crippen molar-refractivity contribution in [2.75, 3.05) is 5.32 Å². The van der Waals surface area contributed by atoms with Crippen LogP contribution >= 0.6 is 11.3 Å². The lowest BCUT2D eigenvalue weighted by atomic mass is 10.1. The lowest BCUT2D eigenvalue weighted by molar-refractivity contribution is 0.102. The zero-order chi connectivity index (χ0) is 19.5. The van der Waals surface area contributed by atoms with Crippen molar-refractivity contribution in [1.29, 1.82) is 0 Å². The van der Waals surface area contributed by atoms with Crippen LogP contribution in [0.3, 0.4) is 0 Å². The van der Waals surface area contributed by atoms with Crippen LogP contribution in [-0.4, -0.2) is 25.4 Å². The Kier molecular flexibility index (Phi) is 5.16. The summed E-state index contributed by atoms with van der Waals surface area (Å²) in [4.78, 5) is 26.9. The summed E-state index contributed by atoms with van der Waals surface area (Å²) in [6.07, 6.45) is 2.54. The minimum atomic E-state index is -0.166. The maximum Gasteiger partial charge on any atom is 0.269 e. The number of aryl methyl sites for hydroxylation is 2. The minimum Gasteiger partial charge on any atom is -0.310 e. The van der Waals surface area contributed by atoms with Gasteiger partial charge >= 0.3 is 0 Å². The number of thiazole rings is 1. The zero-order valence-electron chi connectivity index (χ0n) is 15.8. The predicted octanol–water partition coefficient (Wildman–Crippen LogP) is 4.51. The molecular weight excluding hydrogens is 370 g/mol. The number of nitrogens with one attached hydrogen (secondary N) is 1. The lowest BCUT2D eigenvalue weighted by Crippen LogP contribution is -2.17. The molecule has 0 aliphatic rings. The second-order valence-electron chi connectivity index (χ2n) is 6.82. The predicted molar refractivity (Wildman–Crippen MR) is 112 cm³/mol. The molecule has 0 saturated heterocycles. The fraction of sp³-hybridized carbons (Fsp3) is 0.238. The maximum absolute atomic E-state index is 12.9. The first-order valence-electron chi connectivity index (χ1n) is 9.23. The number of para-hydroxylation sites is 2. The topological polar surface area (TPSA) is 72.7 Å². The number of hydrogen-bond donors (Lipinski definition) is 1. The number of benzene rings is 1. The smallest absolute Gasteiger partial charge is 0.269 e. The van der Waals surface area contributed by atoms with E-state index >= 15 is 0 Å². The molecule has 0 atom stereocenters. The number of amides is 1. The van der Waals surface area contributed by atoms with E-state index in [2.05, 4.69) is 20.3 Å². The third kappa shape index (κ3) is 3.66. The second-order valence-corrected chi connectivity index (χ2v) is 7.68. The number of anilines is 1. The summed E-state index contributed by atoms with van der Waals surface area (Å²) in [5, 5.41) is 3.00. The summed E-state index contributed by atoms with van der Waals surface area (Å²) in [5.74, 6) is 0.570. The Labute approximate surface area is 167 Å². The van der Waals surface area contributed by atoms with Crippen LogP contribution in [-0.2, 0) is 13.0 Å². The molecule has 7 heteroatoms. The standard InChI is InChI=1S/C21H21N5OS/c1-14(2)18-19(28-13-23-18)20(27)25-21-24-16-8-3-4-9-17(16)26(21)12-10-15-7-5-6-11-22-15/h3-9,11,13-14H,10,12H2,1-2H3,(H,24,25,27). The van der Waals surface area contributed by atoms with Gasteiger partial charge in [-0.05, 0) is 30.2 Å². The van der Waals surface area contributed by atoms with E-state index in [4.69, 9.17) is 0 Å². The van der Waals surface area contributed by atoms with Gasteiger partial charge in [0.15, 0.2) is 0 Å². The van der Waals surface area contributed by atoms with E-state index in [9.17, 15) is 4.79 Å². The second kappa shape index (κ2) is 7.90. The highest BCUT2D eigenvalue weighted by atomic mass is 32.1. The molecule has 0 spiro atoms. The van der Waals surface area contributed by atoms with Crippen LogP contribution < -0.4 is 5.32 Å². The van der Waals surface area contributed by atoms with Crippen LogP contribution in [0.15, 0.2) is 54.2 Å². The van der Waals surface area contributed by atoms with E-state index in [1.165, 1.54) is 11.3 Å². The van der Waals surface area contributed by atoms with E-state index in [-0.39, 0.29) is 11.8 Å². The molecule has 3 heterocycles. The Hall–Kier alpha value is -3.06. The van der Waals surface area contributed by atoms with Crippen molar-refractivity contribution in [3.8, 4) is 0 Å². The van der Waals surface area contributed by atoms with Gasteiger partial charge in [-0.1, -0.05) is 32.0 Å². The zero-order valence-corrected chi connectivity index (χ0v) is 16.6. The molecule has 1 amide bonds. The van der Waals surface area contributed by atoms with Crippen LogP contribution in [0.5, 0.6) is 0 Å². The summed E-state index contributed by atoms with van der Waals surface area (Å²) >= 11 is 1.36. The van der Waals surface area contributed by atoms with Crippen molar-refractivity contribution in [3.05, 3.63) is 70.4 Å². The van der Waals surface area contributed by atoms with Gasteiger partial charge in [-0.3, -0.25) is 15.1 Å². The molecule has 0 saturated carbocycles. The molecule has 1 aromatic carbocycles. The molecule has 0 aliphatic carbocycles. The maximum atomic E-state index is 12.9. The number of nitrogens with zero attached hydrogens (tertiary/aromatic N) is 4. The number of carbonyl (C=O) groups is 1. The van der Waals surface area contributed by atoms with E-state index < -0.39 is 0 Å². The number of rotatable bonds is 6. The highest BCUT2D eigenvalue weighted by molar-refractivity contribution is 7.12. The molecule has 0 unspecified atom stereocenters. The number of imidazole rings is 1. The van der Waals surface area contributed by atoms with Gasteiger partial charge in [-0.2, -0.15) is 0 Å². The monoisotopic (exact) mass is 391 g/mol. The van der Waals surface area contributed by atoms with Gasteiger partial charge in [0.25, 0.3) is 5.91 Å². The molecule has 142 valence electrons. The van der Waals surface area contributed by atoms with Crippen molar-refractivity contribution >= 4 is 34.2 Å². The Morgan fingerprint density at radius 2 is 1.96 bits per heavy atom. The van der Waals surface area contributed by atoms with E-state index in [0.717, 1.165) is 28.8 Å².